The van der Waals surface area contributed by atoms with Gasteiger partial charge in [-0.15, -0.1) is 0 Å². The first kappa shape index (κ1) is 18.5. The van der Waals surface area contributed by atoms with Crippen molar-refractivity contribution in [3.05, 3.63) is 41.5 Å². The van der Waals surface area contributed by atoms with Crippen LogP contribution in [0, 0.1) is 6.92 Å². The molecule has 0 bridgehead atoms. The molecule has 1 amide bonds. The number of ether oxygens (including phenoxy) is 1. The number of hydrogen-bond acceptors (Lipinski definition) is 5. The number of carbonyl (C=O) groups excluding carboxylic acids is 1. The monoisotopic (exact) mass is 353 g/mol. The zero-order chi connectivity index (χ0) is 18.0. The molecule has 0 saturated carbocycles. The Morgan fingerprint density at radius 2 is 1.83 bits per heavy atom. The fourth-order valence-electron chi connectivity index (χ4n) is 2.11. The van der Waals surface area contributed by atoms with Crippen LogP contribution >= 0.6 is 0 Å². The Hall–Kier alpha value is -1.86. The average molecular weight is 353 g/mol. The normalized spacial score (nSPS) is 15.3. The molecule has 0 aromatic heterocycles. The molecule has 1 aliphatic heterocycles. The van der Waals surface area contributed by atoms with Gasteiger partial charge in [0.05, 0.1) is 11.5 Å². The van der Waals surface area contributed by atoms with E-state index in [4.69, 9.17) is 8.92 Å². The Morgan fingerprint density at radius 1 is 1.21 bits per heavy atom. The second kappa shape index (κ2) is 6.94. The third-order valence-electron chi connectivity index (χ3n) is 3.36. The van der Waals surface area contributed by atoms with Gasteiger partial charge >= 0.3 is 6.09 Å². The van der Waals surface area contributed by atoms with Gasteiger partial charge in [-0.2, -0.15) is 8.42 Å². The maximum atomic E-state index is 12.1. The molecule has 0 fully saturated rings. The molecule has 1 aliphatic rings. The number of rotatable bonds is 4. The lowest BCUT2D eigenvalue weighted by atomic mass is 10.2. The second-order valence-corrected chi connectivity index (χ2v) is 8.37. The summed E-state index contributed by atoms with van der Waals surface area (Å²) in [5.41, 5.74) is 1.14. The molecule has 2 rings (SSSR count). The third-order valence-corrected chi connectivity index (χ3v) is 4.63. The van der Waals surface area contributed by atoms with E-state index >= 15 is 0 Å². The van der Waals surface area contributed by atoms with Crippen LogP contribution in [0.2, 0.25) is 0 Å². The summed E-state index contributed by atoms with van der Waals surface area (Å²) in [5, 5.41) is 0. The van der Waals surface area contributed by atoms with E-state index < -0.39 is 21.8 Å². The van der Waals surface area contributed by atoms with Crippen molar-refractivity contribution in [3.63, 3.8) is 0 Å². The Morgan fingerprint density at radius 3 is 2.42 bits per heavy atom. The van der Waals surface area contributed by atoms with Gasteiger partial charge in [-0.3, -0.25) is 4.18 Å². The number of amides is 1. The highest BCUT2D eigenvalue weighted by atomic mass is 32.2. The fourth-order valence-corrected chi connectivity index (χ4v) is 3.02. The summed E-state index contributed by atoms with van der Waals surface area (Å²) in [6.45, 7) is 7.89. The fraction of sp³-hybridized carbons (Fsp3) is 0.471. The predicted octanol–water partition coefficient (Wildman–Crippen LogP) is 2.88. The molecule has 1 aromatic carbocycles. The molecule has 0 saturated heterocycles. The van der Waals surface area contributed by atoms with Crippen molar-refractivity contribution in [1.82, 2.24) is 4.90 Å². The molecule has 0 N–H and O–H groups in total. The van der Waals surface area contributed by atoms with Crippen LogP contribution in [0.4, 0.5) is 4.79 Å². The smallest absolute Gasteiger partial charge is 0.410 e. The van der Waals surface area contributed by atoms with Gasteiger partial charge in [0.2, 0.25) is 0 Å². The van der Waals surface area contributed by atoms with Crippen molar-refractivity contribution in [2.24, 2.45) is 0 Å². The van der Waals surface area contributed by atoms with Gasteiger partial charge in [-0.25, -0.2) is 4.79 Å². The summed E-state index contributed by atoms with van der Waals surface area (Å²) in [7, 11) is -3.81. The molecule has 0 radical (unpaired) electrons. The lowest BCUT2D eigenvalue weighted by Crippen LogP contribution is -2.35. The molecular weight excluding hydrogens is 330 g/mol. The van der Waals surface area contributed by atoms with Crippen LogP contribution < -0.4 is 0 Å². The van der Waals surface area contributed by atoms with Crippen molar-refractivity contribution in [1.29, 1.82) is 0 Å². The zero-order valence-electron chi connectivity index (χ0n) is 14.4. The van der Waals surface area contributed by atoms with Gasteiger partial charge < -0.3 is 9.64 Å². The lowest BCUT2D eigenvalue weighted by molar-refractivity contribution is 0.0300. The molecule has 7 heteroatoms. The van der Waals surface area contributed by atoms with Crippen LogP contribution in [0.1, 0.15) is 26.3 Å². The van der Waals surface area contributed by atoms with E-state index in [0.29, 0.717) is 13.1 Å². The van der Waals surface area contributed by atoms with Crippen molar-refractivity contribution in [3.8, 4) is 0 Å². The molecule has 1 heterocycles. The van der Waals surface area contributed by atoms with Crippen LogP contribution in [0.3, 0.4) is 0 Å². The minimum atomic E-state index is -3.81. The number of benzene rings is 1. The summed E-state index contributed by atoms with van der Waals surface area (Å²) in [4.78, 5) is 13.6. The highest BCUT2D eigenvalue weighted by Crippen LogP contribution is 2.18. The highest BCUT2D eigenvalue weighted by Gasteiger charge is 2.26. The van der Waals surface area contributed by atoms with E-state index in [1.54, 1.807) is 39.0 Å². The number of aryl methyl sites for hydroxylation is 1. The van der Waals surface area contributed by atoms with Crippen LogP contribution in [-0.2, 0) is 19.0 Å². The van der Waals surface area contributed by atoms with E-state index in [1.165, 1.54) is 17.0 Å². The summed E-state index contributed by atoms with van der Waals surface area (Å²) in [5.74, 6) is 0. The molecule has 132 valence electrons. The first-order valence-corrected chi connectivity index (χ1v) is 9.09. The quantitative estimate of drug-likeness (QED) is 0.615. The Balaban J connectivity index is 1.89. The third kappa shape index (κ3) is 5.07. The molecule has 0 atom stereocenters. The van der Waals surface area contributed by atoms with Gasteiger partial charge in [-0.05, 0) is 45.4 Å². The molecule has 6 nitrogen and oxygen atoms in total. The summed E-state index contributed by atoms with van der Waals surface area (Å²) in [6.07, 6.45) is 1.37. The zero-order valence-corrected chi connectivity index (χ0v) is 15.2. The standard InChI is InChI=1S/C17H23NO5S/c1-13-5-7-15(8-6-13)24(20,21)22-12-14-9-10-18(11-14)16(19)23-17(2,3)4/h5-9H,10-12H2,1-4H3. The van der Waals surface area contributed by atoms with Gasteiger partial charge in [0, 0.05) is 13.1 Å². The largest absolute Gasteiger partial charge is 0.444 e. The van der Waals surface area contributed by atoms with Gasteiger partial charge in [0.15, 0.2) is 0 Å². The predicted molar refractivity (Wildman–Crippen MR) is 90.2 cm³/mol. The highest BCUT2D eigenvalue weighted by molar-refractivity contribution is 7.86. The van der Waals surface area contributed by atoms with Gasteiger partial charge in [-0.1, -0.05) is 23.8 Å². The molecule has 24 heavy (non-hydrogen) atoms. The van der Waals surface area contributed by atoms with Crippen LogP contribution in [-0.4, -0.2) is 44.7 Å². The average Bonchev–Trinajstić information content (AvgIpc) is 2.93. The molecule has 0 aliphatic carbocycles. The maximum Gasteiger partial charge on any atom is 0.410 e. The van der Waals surface area contributed by atoms with E-state index in [2.05, 4.69) is 0 Å². The van der Waals surface area contributed by atoms with Gasteiger partial charge in [0.25, 0.3) is 10.1 Å². The Bertz CT molecular complexity index is 729. The summed E-state index contributed by atoms with van der Waals surface area (Å²) >= 11 is 0. The Kier molecular flexibility index (Phi) is 5.35. The first-order chi connectivity index (χ1) is 11.1. The molecule has 1 aromatic rings. The number of carbonyl (C=O) groups is 1. The van der Waals surface area contributed by atoms with E-state index in [9.17, 15) is 13.2 Å². The van der Waals surface area contributed by atoms with Crippen LogP contribution in [0.15, 0.2) is 40.8 Å². The Labute approximate surface area is 143 Å². The molecule has 0 spiro atoms. The van der Waals surface area contributed by atoms with Crippen LogP contribution in [0.25, 0.3) is 0 Å². The maximum absolute atomic E-state index is 12.1. The lowest BCUT2D eigenvalue weighted by Gasteiger charge is -2.24. The number of nitrogens with zero attached hydrogens (tertiary/aromatic N) is 1. The van der Waals surface area contributed by atoms with E-state index in [-0.39, 0.29) is 11.5 Å². The van der Waals surface area contributed by atoms with Crippen molar-refractivity contribution < 1.29 is 22.1 Å². The van der Waals surface area contributed by atoms with Crippen LogP contribution in [0.5, 0.6) is 0 Å². The minimum absolute atomic E-state index is 0.0739. The van der Waals surface area contributed by atoms with Crippen molar-refractivity contribution in [2.45, 2.75) is 38.2 Å². The number of hydrogen-bond donors (Lipinski definition) is 0. The van der Waals surface area contributed by atoms with E-state index in [1.807, 2.05) is 6.92 Å². The van der Waals surface area contributed by atoms with E-state index in [0.717, 1.165) is 11.1 Å². The summed E-state index contributed by atoms with van der Waals surface area (Å²) < 4.78 is 34.7. The SMILES string of the molecule is Cc1ccc(S(=O)(=O)OCC2=CCN(C(=O)OC(C)(C)C)C2)cc1. The second-order valence-electron chi connectivity index (χ2n) is 6.75. The molecular formula is C17H23NO5S. The van der Waals surface area contributed by atoms with Crippen molar-refractivity contribution >= 4 is 16.2 Å². The topological polar surface area (TPSA) is 72.9 Å². The van der Waals surface area contributed by atoms with Gasteiger partial charge in [0.1, 0.15) is 5.60 Å². The first-order valence-electron chi connectivity index (χ1n) is 7.69. The van der Waals surface area contributed by atoms with Crippen molar-refractivity contribution in [2.75, 3.05) is 19.7 Å². The minimum Gasteiger partial charge on any atom is -0.444 e. The summed E-state index contributed by atoms with van der Waals surface area (Å²) in [6, 6.07) is 6.46. The molecule has 0 unspecified atom stereocenters.